The molecule has 0 radical (unpaired) electrons. The summed E-state index contributed by atoms with van der Waals surface area (Å²) in [6.45, 7) is 23.0. The zero-order valence-electron chi connectivity index (χ0n) is 35.5. The number of aldehydes is 1. The van der Waals surface area contributed by atoms with Gasteiger partial charge in [-0.1, -0.05) is 48.5 Å². The minimum absolute atomic E-state index is 0.0192. The van der Waals surface area contributed by atoms with E-state index in [9.17, 15) is 30.3 Å². The van der Waals surface area contributed by atoms with E-state index in [1.807, 2.05) is 83.3 Å². The molecule has 0 aromatic rings. The Morgan fingerprint density at radius 2 is 1.48 bits per heavy atom. The van der Waals surface area contributed by atoms with Gasteiger partial charge in [0.2, 0.25) is 0 Å². The molecule has 52 heavy (non-hydrogen) atoms. The largest absolute Gasteiger partial charge is 0.390 e. The average molecular weight is 755 g/mol. The lowest BCUT2D eigenvalue weighted by Gasteiger charge is -2.35. The Balaban J connectivity index is 0. The SMILES string of the molecule is CC.CC.CC1CC(N(C)C)CC(O)O1.COC1CC(O)O[C@@H](C)[C@@]12CO2.COCC(O)C(O)C(C)NC[C@H](C)C[C@@](C)(O)C[C@@H](C)CC(C)C=O. The smallest absolute Gasteiger partial charge is 0.157 e. The van der Waals surface area contributed by atoms with Gasteiger partial charge in [0.25, 0.3) is 0 Å². The van der Waals surface area contributed by atoms with E-state index in [-0.39, 0.29) is 54.3 Å². The van der Waals surface area contributed by atoms with Crippen LogP contribution in [0.4, 0.5) is 0 Å². The number of methoxy groups -OCH3 is 2. The van der Waals surface area contributed by atoms with Gasteiger partial charge in [0, 0.05) is 45.1 Å². The highest BCUT2D eigenvalue weighted by Crippen LogP contribution is 2.43. The number of hydrogen-bond donors (Lipinski definition) is 6. The first kappa shape index (κ1) is 53.3. The molecule has 9 unspecified atom stereocenters. The molecule has 0 bridgehead atoms. The van der Waals surface area contributed by atoms with E-state index in [1.54, 1.807) is 7.11 Å². The summed E-state index contributed by atoms with van der Waals surface area (Å²) in [5, 5.41) is 52.2. The number of rotatable bonds is 16. The molecule has 3 saturated heterocycles. The Bertz CT molecular complexity index is 869. The van der Waals surface area contributed by atoms with Crippen molar-refractivity contribution >= 4 is 6.29 Å². The van der Waals surface area contributed by atoms with Crippen LogP contribution < -0.4 is 5.32 Å². The van der Waals surface area contributed by atoms with Crippen molar-refractivity contribution in [2.75, 3.05) is 48.1 Å². The highest BCUT2D eigenvalue weighted by Gasteiger charge is 2.60. The Kier molecular flexibility index (Phi) is 28.4. The molecule has 3 aliphatic rings. The number of aliphatic hydroxyl groups is 5. The number of epoxide rings is 1. The minimum Gasteiger partial charge on any atom is -0.390 e. The normalized spacial score (nSPS) is 31.2. The molecule has 3 aliphatic heterocycles. The summed E-state index contributed by atoms with van der Waals surface area (Å²) in [5.41, 5.74) is -1.06. The van der Waals surface area contributed by atoms with Crippen LogP contribution in [-0.4, -0.2) is 151 Å². The fourth-order valence-corrected chi connectivity index (χ4v) is 6.90. The number of nitrogens with one attached hydrogen (secondary N) is 1. The van der Waals surface area contributed by atoms with Gasteiger partial charge < -0.3 is 64.2 Å². The molecular formula is C39H82N2O11. The topological polar surface area (TPSA) is 183 Å². The van der Waals surface area contributed by atoms with E-state index >= 15 is 0 Å². The molecule has 0 saturated carbocycles. The predicted octanol–water partition coefficient (Wildman–Crippen LogP) is 3.75. The first-order chi connectivity index (χ1) is 24.3. The van der Waals surface area contributed by atoms with Gasteiger partial charge in [-0.15, -0.1) is 0 Å². The summed E-state index contributed by atoms with van der Waals surface area (Å²) in [6, 6.07) is 0.193. The fourth-order valence-electron chi connectivity index (χ4n) is 6.90. The highest BCUT2D eigenvalue weighted by atomic mass is 16.7. The van der Waals surface area contributed by atoms with Crippen LogP contribution in [0.15, 0.2) is 0 Å². The summed E-state index contributed by atoms with van der Waals surface area (Å²) in [7, 11) is 7.19. The van der Waals surface area contributed by atoms with Gasteiger partial charge in [-0.2, -0.15) is 0 Å². The first-order valence-electron chi connectivity index (χ1n) is 19.6. The molecule has 0 aromatic heterocycles. The lowest BCUT2D eigenvalue weighted by molar-refractivity contribution is -0.219. The molecule has 1 spiro atoms. The maximum atomic E-state index is 10.8. The van der Waals surface area contributed by atoms with Crippen LogP contribution in [0.25, 0.3) is 0 Å². The van der Waals surface area contributed by atoms with Gasteiger partial charge in [-0.3, -0.25) is 0 Å². The first-order valence-corrected chi connectivity index (χ1v) is 19.6. The maximum absolute atomic E-state index is 10.8. The van der Waals surface area contributed by atoms with E-state index in [2.05, 4.69) is 17.1 Å². The fraction of sp³-hybridized carbons (Fsp3) is 0.974. The summed E-state index contributed by atoms with van der Waals surface area (Å²) >= 11 is 0. The molecule has 13 nitrogen and oxygen atoms in total. The third-order valence-corrected chi connectivity index (χ3v) is 9.58. The van der Waals surface area contributed by atoms with Gasteiger partial charge in [0.15, 0.2) is 12.6 Å². The summed E-state index contributed by atoms with van der Waals surface area (Å²) in [5.74, 6) is 0.506. The summed E-state index contributed by atoms with van der Waals surface area (Å²) in [6.07, 6.45) is 2.25. The standard InChI is InChI=1S/C19H39NO5.C8H17NO2.C8H14O4.2C2H6/c1-13(7-14(2)11-21)8-19(5,24)9-15(3)10-20-16(4)18(23)17(22)12-25-6;1-6-4-7(9(2)3)5-8(10)11-6;1-5-8(4-11-8)6(10-2)3-7(9)12-5;2*1-2/h11,13-18,20,22-24H,7-10,12H2,1-6H3;6-8,10H,4-5H2,1-3H3;5-7,9H,3-4H2,1-2H3;2*1-2H3/t13-,14?,15+,16?,17?,18?,19-;;5-,6?,7?,8-;;/m0.0../s1. The third-order valence-electron chi connectivity index (χ3n) is 9.58. The molecule has 14 atom stereocenters. The second kappa shape index (κ2) is 27.7. The van der Waals surface area contributed by atoms with Crippen molar-refractivity contribution in [1.29, 1.82) is 0 Å². The van der Waals surface area contributed by atoms with Crippen LogP contribution in [0.5, 0.6) is 0 Å². The van der Waals surface area contributed by atoms with E-state index in [0.29, 0.717) is 38.5 Å². The molecule has 314 valence electrons. The summed E-state index contributed by atoms with van der Waals surface area (Å²) in [4.78, 5) is 12.9. The molecule has 13 heteroatoms. The van der Waals surface area contributed by atoms with Crippen molar-refractivity contribution in [3.05, 3.63) is 0 Å². The average Bonchev–Trinajstić information content (AvgIpc) is 3.88. The van der Waals surface area contributed by atoms with Crippen LogP contribution in [0.3, 0.4) is 0 Å². The van der Waals surface area contributed by atoms with Crippen LogP contribution in [0, 0.1) is 17.8 Å². The highest BCUT2D eigenvalue weighted by molar-refractivity contribution is 5.52. The Morgan fingerprint density at radius 1 is 0.942 bits per heavy atom. The Hall–Kier alpha value is -0.810. The second-order valence-electron chi connectivity index (χ2n) is 15.1. The Labute approximate surface area is 317 Å². The zero-order chi connectivity index (χ0) is 40.8. The monoisotopic (exact) mass is 755 g/mol. The number of nitrogens with zero attached hydrogens (tertiary/aromatic N) is 1. The van der Waals surface area contributed by atoms with E-state index in [4.69, 9.17) is 23.7 Å². The molecule has 3 fully saturated rings. The van der Waals surface area contributed by atoms with Crippen molar-refractivity contribution in [3.8, 4) is 0 Å². The quantitative estimate of drug-likeness (QED) is 0.0991. The zero-order valence-corrected chi connectivity index (χ0v) is 35.5. The van der Waals surface area contributed by atoms with E-state index in [1.165, 1.54) is 7.11 Å². The van der Waals surface area contributed by atoms with Gasteiger partial charge in [0.05, 0.1) is 43.2 Å². The van der Waals surface area contributed by atoms with Crippen molar-refractivity contribution in [2.45, 2.75) is 181 Å². The van der Waals surface area contributed by atoms with E-state index in [0.717, 1.165) is 25.5 Å². The number of hydrogen-bond acceptors (Lipinski definition) is 13. The maximum Gasteiger partial charge on any atom is 0.157 e. The molecular weight excluding hydrogens is 672 g/mol. The molecule has 0 aliphatic carbocycles. The second-order valence-corrected chi connectivity index (χ2v) is 15.1. The van der Waals surface area contributed by atoms with Crippen molar-refractivity contribution in [2.24, 2.45) is 17.8 Å². The third kappa shape index (κ3) is 20.8. The lowest BCUT2D eigenvalue weighted by Crippen LogP contribution is -2.50. The summed E-state index contributed by atoms with van der Waals surface area (Å²) < 4.78 is 25.9. The van der Waals surface area contributed by atoms with Gasteiger partial charge >= 0.3 is 0 Å². The predicted molar refractivity (Wildman–Crippen MR) is 206 cm³/mol. The van der Waals surface area contributed by atoms with Crippen LogP contribution in [-0.2, 0) is 28.5 Å². The molecule has 0 amide bonds. The van der Waals surface area contributed by atoms with Crippen LogP contribution in [0.1, 0.15) is 115 Å². The van der Waals surface area contributed by atoms with E-state index < -0.39 is 30.4 Å². The van der Waals surface area contributed by atoms with Crippen LogP contribution in [0.2, 0.25) is 0 Å². The molecule has 0 aromatic carbocycles. The molecule has 3 heterocycles. The van der Waals surface area contributed by atoms with Crippen molar-refractivity contribution in [1.82, 2.24) is 10.2 Å². The van der Waals surface area contributed by atoms with Gasteiger partial charge in [0.1, 0.15) is 18.0 Å². The number of carbonyl (C=O) groups excluding carboxylic acids is 1. The molecule has 3 rings (SSSR count). The lowest BCUT2D eigenvalue weighted by atomic mass is 9.82. The van der Waals surface area contributed by atoms with Gasteiger partial charge in [-0.05, 0) is 85.9 Å². The molecule has 6 N–H and O–H groups in total. The van der Waals surface area contributed by atoms with Crippen molar-refractivity contribution < 1.29 is 54.0 Å². The minimum atomic E-state index is -0.924. The number of aliphatic hydroxyl groups excluding tert-OH is 4. The Morgan fingerprint density at radius 3 is 1.94 bits per heavy atom. The van der Waals surface area contributed by atoms with Gasteiger partial charge in [-0.25, -0.2) is 0 Å². The number of ether oxygens (including phenoxy) is 5. The van der Waals surface area contributed by atoms with Crippen molar-refractivity contribution in [3.63, 3.8) is 0 Å². The number of carbonyl (C=O) groups is 1. The van der Waals surface area contributed by atoms with Crippen LogP contribution >= 0.6 is 0 Å².